The molecule has 3 rings (SSSR count). The fraction of sp³-hybridized carbons (Fsp3) is 0.444. The van der Waals surface area contributed by atoms with E-state index in [0.29, 0.717) is 13.2 Å². The van der Waals surface area contributed by atoms with Crippen LogP contribution in [0.1, 0.15) is 41.6 Å². The quantitative estimate of drug-likeness (QED) is 0.904. The lowest BCUT2D eigenvalue weighted by Gasteiger charge is -2.31. The van der Waals surface area contributed by atoms with Gasteiger partial charge in [0.25, 0.3) is 0 Å². The molecular weight excluding hydrogens is 294 g/mol. The number of fused-ring (bicyclic) bond motifs is 1. The van der Waals surface area contributed by atoms with Crippen LogP contribution in [-0.2, 0) is 5.60 Å². The summed E-state index contributed by atoms with van der Waals surface area (Å²) in [5.74, 6) is 0.974. The van der Waals surface area contributed by atoms with E-state index in [9.17, 15) is 5.11 Å². The topological polar surface area (TPSA) is 41.5 Å². The highest BCUT2D eigenvalue weighted by molar-refractivity contribution is 7.08. The van der Waals surface area contributed by atoms with Crippen LogP contribution >= 0.6 is 11.3 Å². The highest BCUT2D eigenvalue weighted by Crippen LogP contribution is 2.35. The van der Waals surface area contributed by atoms with Crippen LogP contribution in [0.25, 0.3) is 0 Å². The van der Waals surface area contributed by atoms with Crippen molar-refractivity contribution in [1.82, 2.24) is 5.32 Å². The second-order valence-electron chi connectivity index (χ2n) is 6.33. The molecule has 0 saturated heterocycles. The minimum Gasteiger partial charge on any atom is -0.493 e. The number of thiophene rings is 1. The second kappa shape index (κ2) is 6.03. The van der Waals surface area contributed by atoms with Crippen molar-refractivity contribution in [1.29, 1.82) is 0 Å². The Hall–Kier alpha value is -1.36. The Bertz CT molecular complexity index is 649. The molecule has 118 valence electrons. The fourth-order valence-electron chi connectivity index (χ4n) is 2.86. The highest BCUT2D eigenvalue weighted by Gasteiger charge is 2.27. The highest BCUT2D eigenvalue weighted by atomic mass is 32.1. The van der Waals surface area contributed by atoms with E-state index in [4.69, 9.17) is 4.74 Å². The third-order valence-corrected chi connectivity index (χ3v) is 5.18. The van der Waals surface area contributed by atoms with E-state index in [1.807, 2.05) is 23.8 Å². The third-order valence-electron chi connectivity index (χ3n) is 4.50. The molecule has 3 nitrogen and oxygen atoms in total. The maximum atomic E-state index is 10.7. The van der Waals surface area contributed by atoms with Crippen LogP contribution in [0.2, 0.25) is 0 Å². The SMILES string of the molecule is Cc1cc2c(cc1C)C(NCC(C)(O)c1ccsc1)CCO2. The summed E-state index contributed by atoms with van der Waals surface area (Å²) < 4.78 is 5.79. The van der Waals surface area contributed by atoms with E-state index in [2.05, 4.69) is 31.3 Å². The maximum absolute atomic E-state index is 10.7. The molecule has 1 aromatic carbocycles. The molecule has 1 aliphatic rings. The third kappa shape index (κ3) is 3.05. The van der Waals surface area contributed by atoms with Crippen LogP contribution in [0.4, 0.5) is 0 Å². The molecular formula is C18H23NO2S. The molecule has 0 aliphatic carbocycles. The van der Waals surface area contributed by atoms with Gasteiger partial charge in [-0.15, -0.1) is 0 Å². The van der Waals surface area contributed by atoms with Gasteiger partial charge in [0, 0.05) is 24.6 Å². The first-order valence-corrected chi connectivity index (χ1v) is 8.64. The van der Waals surface area contributed by atoms with Gasteiger partial charge < -0.3 is 15.2 Å². The Morgan fingerprint density at radius 1 is 1.36 bits per heavy atom. The summed E-state index contributed by atoms with van der Waals surface area (Å²) >= 11 is 1.61. The Balaban J connectivity index is 1.76. The molecule has 22 heavy (non-hydrogen) atoms. The number of hydrogen-bond donors (Lipinski definition) is 2. The summed E-state index contributed by atoms with van der Waals surface area (Å²) in [5.41, 5.74) is 3.86. The smallest absolute Gasteiger partial charge is 0.124 e. The Morgan fingerprint density at radius 2 is 2.14 bits per heavy atom. The van der Waals surface area contributed by atoms with Gasteiger partial charge in [-0.1, -0.05) is 6.07 Å². The van der Waals surface area contributed by atoms with Crippen LogP contribution in [0.15, 0.2) is 29.0 Å². The van der Waals surface area contributed by atoms with Gasteiger partial charge >= 0.3 is 0 Å². The van der Waals surface area contributed by atoms with Crippen molar-refractivity contribution in [3.63, 3.8) is 0 Å². The van der Waals surface area contributed by atoms with Crippen LogP contribution in [0.3, 0.4) is 0 Å². The summed E-state index contributed by atoms with van der Waals surface area (Å²) in [4.78, 5) is 0. The lowest BCUT2D eigenvalue weighted by molar-refractivity contribution is 0.0522. The first-order valence-electron chi connectivity index (χ1n) is 7.70. The zero-order valence-corrected chi connectivity index (χ0v) is 14.2. The van der Waals surface area contributed by atoms with Crippen molar-refractivity contribution in [3.05, 3.63) is 51.2 Å². The average molecular weight is 317 g/mol. The zero-order chi connectivity index (χ0) is 15.7. The summed E-state index contributed by atoms with van der Waals surface area (Å²) in [5, 5.41) is 18.2. The van der Waals surface area contributed by atoms with Crippen molar-refractivity contribution in [2.24, 2.45) is 0 Å². The van der Waals surface area contributed by atoms with Gasteiger partial charge in [-0.3, -0.25) is 0 Å². The number of aryl methyl sites for hydroxylation is 2. The van der Waals surface area contributed by atoms with Crippen molar-refractivity contribution in [3.8, 4) is 5.75 Å². The normalized spacial score (nSPS) is 20.1. The van der Waals surface area contributed by atoms with Crippen LogP contribution < -0.4 is 10.1 Å². The van der Waals surface area contributed by atoms with Crippen molar-refractivity contribution in [2.45, 2.75) is 38.8 Å². The van der Waals surface area contributed by atoms with E-state index >= 15 is 0 Å². The molecule has 0 spiro atoms. The second-order valence-corrected chi connectivity index (χ2v) is 7.11. The lowest BCUT2D eigenvalue weighted by atomic mass is 9.94. The van der Waals surface area contributed by atoms with Gasteiger partial charge in [-0.05, 0) is 60.4 Å². The summed E-state index contributed by atoms with van der Waals surface area (Å²) in [6, 6.07) is 6.54. The van der Waals surface area contributed by atoms with E-state index < -0.39 is 5.60 Å². The molecule has 1 aliphatic heterocycles. The molecule has 1 aromatic heterocycles. The molecule has 2 unspecified atom stereocenters. The summed E-state index contributed by atoms with van der Waals surface area (Å²) in [7, 11) is 0. The minimum absolute atomic E-state index is 0.230. The van der Waals surface area contributed by atoms with E-state index in [0.717, 1.165) is 17.7 Å². The molecule has 2 atom stereocenters. The first kappa shape index (κ1) is 15.5. The van der Waals surface area contributed by atoms with Crippen LogP contribution in [-0.4, -0.2) is 18.3 Å². The Labute approximate surface area is 136 Å². The predicted molar refractivity (Wildman–Crippen MR) is 90.7 cm³/mol. The minimum atomic E-state index is -0.849. The molecule has 2 N–H and O–H groups in total. The van der Waals surface area contributed by atoms with Crippen LogP contribution in [0, 0.1) is 13.8 Å². The molecule has 2 heterocycles. The standard InChI is InChI=1S/C18H23NO2S/c1-12-8-15-16(4-6-21-17(15)9-13(12)2)19-11-18(3,20)14-5-7-22-10-14/h5,7-10,16,19-20H,4,6,11H2,1-3H3. The number of hydrogen-bond acceptors (Lipinski definition) is 4. The number of ether oxygens (including phenoxy) is 1. The van der Waals surface area contributed by atoms with Gasteiger partial charge in [0.2, 0.25) is 0 Å². The number of benzene rings is 1. The van der Waals surface area contributed by atoms with Gasteiger partial charge in [0.05, 0.1) is 6.61 Å². The molecule has 0 amide bonds. The number of aliphatic hydroxyl groups is 1. The van der Waals surface area contributed by atoms with Gasteiger partial charge in [0.15, 0.2) is 0 Å². The van der Waals surface area contributed by atoms with E-state index in [1.165, 1.54) is 16.7 Å². The number of rotatable bonds is 4. The number of nitrogens with one attached hydrogen (secondary N) is 1. The Morgan fingerprint density at radius 3 is 2.86 bits per heavy atom. The molecule has 0 fully saturated rings. The van der Waals surface area contributed by atoms with E-state index in [-0.39, 0.29) is 6.04 Å². The molecule has 0 radical (unpaired) electrons. The fourth-order valence-corrected chi connectivity index (χ4v) is 3.64. The largest absolute Gasteiger partial charge is 0.493 e. The van der Waals surface area contributed by atoms with Crippen molar-refractivity contribution < 1.29 is 9.84 Å². The summed E-state index contributed by atoms with van der Waals surface area (Å²) in [6.45, 7) is 7.34. The van der Waals surface area contributed by atoms with Crippen molar-refractivity contribution in [2.75, 3.05) is 13.2 Å². The van der Waals surface area contributed by atoms with Gasteiger partial charge in [-0.2, -0.15) is 11.3 Å². The molecule has 2 aromatic rings. The summed E-state index contributed by atoms with van der Waals surface area (Å²) in [6.07, 6.45) is 0.926. The first-order chi connectivity index (χ1) is 10.5. The van der Waals surface area contributed by atoms with Crippen molar-refractivity contribution >= 4 is 11.3 Å². The molecule has 0 bridgehead atoms. The van der Waals surface area contributed by atoms with Gasteiger partial charge in [-0.25, -0.2) is 0 Å². The monoisotopic (exact) mass is 317 g/mol. The average Bonchev–Trinajstić information content (AvgIpc) is 3.01. The predicted octanol–water partition coefficient (Wildman–Crippen LogP) is 3.69. The molecule has 4 heteroatoms. The van der Waals surface area contributed by atoms with Crippen LogP contribution in [0.5, 0.6) is 5.75 Å². The molecule has 0 saturated carbocycles. The Kier molecular flexibility index (Phi) is 4.26. The van der Waals surface area contributed by atoms with Gasteiger partial charge in [0.1, 0.15) is 11.4 Å². The van der Waals surface area contributed by atoms with E-state index in [1.54, 1.807) is 11.3 Å². The lowest BCUT2D eigenvalue weighted by Crippen LogP contribution is -2.38. The maximum Gasteiger partial charge on any atom is 0.124 e. The zero-order valence-electron chi connectivity index (χ0n) is 13.3.